The van der Waals surface area contributed by atoms with E-state index >= 15 is 0 Å². The lowest BCUT2D eigenvalue weighted by Crippen LogP contribution is -2.33. The molecule has 0 unspecified atom stereocenters. The first-order valence-corrected chi connectivity index (χ1v) is 8.51. The second-order valence-corrected chi connectivity index (χ2v) is 6.37. The molecular formula is C19H20F3N3O2. The Hall–Kier alpha value is -2.61. The van der Waals surface area contributed by atoms with Crippen LogP contribution >= 0.6 is 0 Å². The van der Waals surface area contributed by atoms with Gasteiger partial charge in [0.1, 0.15) is 24.4 Å². The van der Waals surface area contributed by atoms with E-state index in [1.165, 1.54) is 31.3 Å². The summed E-state index contributed by atoms with van der Waals surface area (Å²) in [4.78, 5) is 19.7. The van der Waals surface area contributed by atoms with Crippen LogP contribution in [0.5, 0.6) is 0 Å². The number of methoxy groups -OCH3 is 1. The van der Waals surface area contributed by atoms with Crippen molar-refractivity contribution in [2.75, 3.05) is 43.7 Å². The number of hydrogen-bond donors (Lipinski definition) is 0. The third kappa shape index (κ3) is 3.90. The minimum absolute atomic E-state index is 0.00159. The summed E-state index contributed by atoms with van der Waals surface area (Å²) in [5.41, 5.74) is 0.589. The van der Waals surface area contributed by atoms with Gasteiger partial charge in [-0.15, -0.1) is 0 Å². The number of halogens is 3. The Balaban J connectivity index is 2.18. The van der Waals surface area contributed by atoms with Crippen LogP contribution < -0.4 is 9.80 Å². The first-order chi connectivity index (χ1) is 12.9. The fourth-order valence-electron chi connectivity index (χ4n) is 3.18. The lowest BCUT2D eigenvalue weighted by Gasteiger charge is -2.27. The number of hydrogen-bond acceptors (Lipinski definition) is 4. The molecule has 0 radical (unpaired) electrons. The number of aromatic nitrogens is 1. The van der Waals surface area contributed by atoms with Crippen molar-refractivity contribution in [1.82, 2.24) is 4.98 Å². The molecule has 1 atom stereocenters. The molecule has 0 N–H and O–H groups in total. The number of anilines is 2. The van der Waals surface area contributed by atoms with Gasteiger partial charge in [-0.1, -0.05) is 0 Å². The molecular weight excluding hydrogens is 359 g/mol. The highest BCUT2D eigenvalue weighted by Crippen LogP contribution is 2.39. The van der Waals surface area contributed by atoms with Crippen LogP contribution in [-0.4, -0.2) is 50.9 Å². The summed E-state index contributed by atoms with van der Waals surface area (Å²) in [6.45, 7) is 0.353. The Morgan fingerprint density at radius 2 is 2.11 bits per heavy atom. The summed E-state index contributed by atoms with van der Waals surface area (Å²) in [6.07, 6.45) is 0.780. The molecule has 1 aliphatic rings. The van der Waals surface area contributed by atoms with E-state index in [1.54, 1.807) is 4.90 Å². The SMILES string of the molecule is COCC(=O)N(C)c1c(-c2cc(F)ccc2F)ccnc1N1CC[C@H](F)C1. The number of amides is 1. The lowest BCUT2D eigenvalue weighted by atomic mass is 10.0. The maximum atomic E-state index is 14.4. The maximum Gasteiger partial charge on any atom is 0.252 e. The lowest BCUT2D eigenvalue weighted by molar-refractivity contribution is -0.121. The summed E-state index contributed by atoms with van der Waals surface area (Å²) >= 11 is 0. The highest BCUT2D eigenvalue weighted by Gasteiger charge is 2.29. The second-order valence-electron chi connectivity index (χ2n) is 6.37. The maximum absolute atomic E-state index is 14.4. The zero-order chi connectivity index (χ0) is 19.6. The summed E-state index contributed by atoms with van der Waals surface area (Å²) < 4.78 is 46.8. The molecule has 1 saturated heterocycles. The topological polar surface area (TPSA) is 45.7 Å². The van der Waals surface area contributed by atoms with Gasteiger partial charge in [0.2, 0.25) is 0 Å². The second kappa shape index (κ2) is 7.96. The molecule has 0 bridgehead atoms. The van der Waals surface area contributed by atoms with Crippen molar-refractivity contribution in [2.45, 2.75) is 12.6 Å². The number of pyridine rings is 1. The molecule has 1 fully saturated rings. The number of rotatable bonds is 5. The number of nitrogens with zero attached hydrogens (tertiary/aromatic N) is 3. The van der Waals surface area contributed by atoms with Gasteiger partial charge in [0.25, 0.3) is 5.91 Å². The molecule has 1 aliphatic heterocycles. The normalized spacial score (nSPS) is 16.6. The van der Waals surface area contributed by atoms with Crippen molar-refractivity contribution < 1.29 is 22.7 Å². The van der Waals surface area contributed by atoms with Gasteiger partial charge in [0.15, 0.2) is 5.82 Å². The third-order valence-corrected chi connectivity index (χ3v) is 4.53. The van der Waals surface area contributed by atoms with Crippen LogP contribution in [0.15, 0.2) is 30.5 Å². The van der Waals surface area contributed by atoms with Crippen LogP contribution in [0, 0.1) is 11.6 Å². The van der Waals surface area contributed by atoms with Crippen molar-refractivity contribution in [3.8, 4) is 11.1 Å². The van der Waals surface area contributed by atoms with Gasteiger partial charge >= 0.3 is 0 Å². The highest BCUT2D eigenvalue weighted by atomic mass is 19.1. The average Bonchev–Trinajstić information content (AvgIpc) is 3.09. The van der Waals surface area contributed by atoms with Crippen molar-refractivity contribution in [3.05, 3.63) is 42.1 Å². The van der Waals surface area contributed by atoms with Gasteiger partial charge < -0.3 is 14.5 Å². The molecule has 1 amide bonds. The molecule has 0 aliphatic carbocycles. The predicted molar refractivity (Wildman–Crippen MR) is 96.6 cm³/mol. The van der Waals surface area contributed by atoms with Crippen LogP contribution in [0.3, 0.4) is 0 Å². The minimum Gasteiger partial charge on any atom is -0.375 e. The quantitative estimate of drug-likeness (QED) is 0.801. The van der Waals surface area contributed by atoms with E-state index in [2.05, 4.69) is 4.98 Å². The van der Waals surface area contributed by atoms with Gasteiger partial charge in [-0.05, 0) is 30.7 Å². The predicted octanol–water partition coefficient (Wildman–Crippen LogP) is 3.18. The summed E-state index contributed by atoms with van der Waals surface area (Å²) in [7, 11) is 2.89. The van der Waals surface area contributed by atoms with Gasteiger partial charge in [0.05, 0.1) is 12.2 Å². The monoisotopic (exact) mass is 379 g/mol. The smallest absolute Gasteiger partial charge is 0.252 e. The number of alkyl halides is 1. The van der Waals surface area contributed by atoms with Crippen LogP contribution in [0.2, 0.25) is 0 Å². The number of carbonyl (C=O) groups is 1. The van der Waals surface area contributed by atoms with Gasteiger partial charge in [-0.3, -0.25) is 4.79 Å². The first-order valence-electron chi connectivity index (χ1n) is 8.51. The van der Waals surface area contributed by atoms with Crippen LogP contribution in [0.4, 0.5) is 24.7 Å². The van der Waals surface area contributed by atoms with Gasteiger partial charge in [-0.25, -0.2) is 18.2 Å². The van der Waals surface area contributed by atoms with E-state index in [0.29, 0.717) is 24.3 Å². The van der Waals surface area contributed by atoms with E-state index in [-0.39, 0.29) is 30.3 Å². The molecule has 2 aromatic rings. The third-order valence-electron chi connectivity index (χ3n) is 4.53. The van der Waals surface area contributed by atoms with Crippen LogP contribution in [-0.2, 0) is 9.53 Å². The molecule has 144 valence electrons. The average molecular weight is 379 g/mol. The zero-order valence-electron chi connectivity index (χ0n) is 15.1. The van der Waals surface area contributed by atoms with Gasteiger partial charge in [-0.2, -0.15) is 0 Å². The summed E-state index contributed by atoms with van der Waals surface area (Å²) in [5, 5.41) is 0. The Bertz CT molecular complexity index is 847. The fraction of sp³-hybridized carbons (Fsp3) is 0.368. The van der Waals surface area contributed by atoms with Crippen LogP contribution in [0.25, 0.3) is 11.1 Å². The molecule has 5 nitrogen and oxygen atoms in total. The van der Waals surface area contributed by atoms with E-state index in [1.807, 2.05) is 0 Å². The Morgan fingerprint density at radius 3 is 2.78 bits per heavy atom. The summed E-state index contributed by atoms with van der Waals surface area (Å²) in [6, 6.07) is 4.62. The molecule has 27 heavy (non-hydrogen) atoms. The molecule has 3 rings (SSSR count). The first kappa shape index (κ1) is 19.2. The fourth-order valence-corrected chi connectivity index (χ4v) is 3.18. The minimum atomic E-state index is -1.01. The van der Waals surface area contributed by atoms with E-state index in [4.69, 9.17) is 4.74 Å². The number of carbonyl (C=O) groups excluding carboxylic acids is 1. The van der Waals surface area contributed by atoms with Crippen molar-refractivity contribution in [1.29, 1.82) is 0 Å². The van der Waals surface area contributed by atoms with E-state index in [0.717, 1.165) is 18.2 Å². The highest BCUT2D eigenvalue weighted by molar-refractivity contribution is 6.01. The van der Waals surface area contributed by atoms with E-state index in [9.17, 15) is 18.0 Å². The Morgan fingerprint density at radius 1 is 1.33 bits per heavy atom. The molecule has 8 heteroatoms. The molecule has 0 spiro atoms. The van der Waals surface area contributed by atoms with Crippen molar-refractivity contribution >= 4 is 17.4 Å². The standard InChI is InChI=1S/C19H20F3N3O2/c1-24(17(26)11-27-2)18-14(15-9-12(20)3-4-16(15)22)5-7-23-19(18)25-8-6-13(21)10-25/h3-5,7,9,13H,6,8,10-11H2,1-2H3/t13-/m0/s1. The molecule has 2 heterocycles. The molecule has 1 aromatic heterocycles. The number of ether oxygens (including phenoxy) is 1. The van der Waals surface area contributed by atoms with Gasteiger partial charge in [0, 0.05) is 38.0 Å². The Kier molecular flexibility index (Phi) is 5.65. The zero-order valence-corrected chi connectivity index (χ0v) is 15.1. The largest absolute Gasteiger partial charge is 0.375 e. The van der Waals surface area contributed by atoms with Crippen LogP contribution in [0.1, 0.15) is 6.42 Å². The summed E-state index contributed by atoms with van der Waals surface area (Å²) in [5.74, 6) is -1.28. The molecule has 0 saturated carbocycles. The van der Waals surface area contributed by atoms with Crippen molar-refractivity contribution in [3.63, 3.8) is 0 Å². The number of benzene rings is 1. The molecule has 1 aromatic carbocycles. The number of likely N-dealkylation sites (N-methyl/N-ethyl adjacent to an activating group) is 1. The van der Waals surface area contributed by atoms with E-state index < -0.39 is 17.8 Å². The van der Waals surface area contributed by atoms with Crippen molar-refractivity contribution in [2.24, 2.45) is 0 Å². The Labute approximate surface area is 155 Å².